The molecule has 0 saturated heterocycles. The summed E-state index contributed by atoms with van der Waals surface area (Å²) in [5.74, 6) is -0.222. The van der Waals surface area contributed by atoms with Crippen LogP contribution < -0.4 is 4.74 Å². The summed E-state index contributed by atoms with van der Waals surface area (Å²) in [7, 11) is 1.64. The van der Waals surface area contributed by atoms with Crippen molar-refractivity contribution < 1.29 is 23.9 Å². The Morgan fingerprint density at radius 2 is 1.70 bits per heavy atom. The van der Waals surface area contributed by atoms with Crippen LogP contribution in [0.15, 0.2) is 30.3 Å². The SMILES string of the molecule is COc1ccc(CCn2c(C)cc(C(=O)COC(=O)c3[nH]c(C)c(C(C)=O)c3C)c2C)cc1. The van der Waals surface area contributed by atoms with Crippen LogP contribution in [0.25, 0.3) is 0 Å². The van der Waals surface area contributed by atoms with E-state index in [9.17, 15) is 14.4 Å². The molecule has 1 aromatic carbocycles. The molecule has 3 rings (SSSR count). The lowest BCUT2D eigenvalue weighted by Crippen LogP contribution is -2.16. The minimum absolute atomic E-state index is 0.126. The molecule has 0 fully saturated rings. The summed E-state index contributed by atoms with van der Waals surface area (Å²) in [4.78, 5) is 40.0. The molecule has 0 spiro atoms. The zero-order valence-corrected chi connectivity index (χ0v) is 20.0. The number of aromatic amines is 1. The first-order valence-electron chi connectivity index (χ1n) is 10.8. The number of Topliss-reactive ketones (excluding diaryl/α,β-unsaturated/α-hetero) is 2. The van der Waals surface area contributed by atoms with Crippen molar-refractivity contribution in [3.8, 4) is 5.75 Å². The van der Waals surface area contributed by atoms with E-state index in [2.05, 4.69) is 9.55 Å². The Hall–Kier alpha value is -3.61. The number of aryl methyl sites for hydroxylation is 3. The Balaban J connectivity index is 1.66. The van der Waals surface area contributed by atoms with Crippen LogP contribution in [-0.2, 0) is 17.7 Å². The summed E-state index contributed by atoms with van der Waals surface area (Å²) in [6.45, 7) is 9.08. The van der Waals surface area contributed by atoms with Crippen LogP contribution in [0.4, 0.5) is 0 Å². The molecule has 3 aromatic rings. The van der Waals surface area contributed by atoms with Crippen molar-refractivity contribution in [2.75, 3.05) is 13.7 Å². The van der Waals surface area contributed by atoms with Crippen molar-refractivity contribution in [2.24, 2.45) is 0 Å². The van der Waals surface area contributed by atoms with Crippen LogP contribution in [0.1, 0.15) is 66.3 Å². The van der Waals surface area contributed by atoms with Gasteiger partial charge in [0.2, 0.25) is 5.78 Å². The van der Waals surface area contributed by atoms with E-state index in [1.54, 1.807) is 21.0 Å². The van der Waals surface area contributed by atoms with Gasteiger partial charge in [0.1, 0.15) is 11.4 Å². The molecule has 2 aromatic heterocycles. The third-order valence-corrected chi connectivity index (χ3v) is 5.99. The zero-order chi connectivity index (χ0) is 24.3. The summed E-state index contributed by atoms with van der Waals surface area (Å²) in [5, 5.41) is 0. The highest BCUT2D eigenvalue weighted by molar-refractivity contribution is 6.03. The zero-order valence-electron chi connectivity index (χ0n) is 20.0. The minimum Gasteiger partial charge on any atom is -0.497 e. The first-order valence-corrected chi connectivity index (χ1v) is 10.8. The van der Waals surface area contributed by atoms with Gasteiger partial charge in [-0.05, 0) is 70.4 Å². The fraction of sp³-hybridized carbons (Fsp3) is 0.346. The van der Waals surface area contributed by atoms with Crippen molar-refractivity contribution in [1.29, 1.82) is 0 Å². The maximum atomic E-state index is 12.8. The average Bonchev–Trinajstić information content (AvgIpc) is 3.25. The van der Waals surface area contributed by atoms with Crippen molar-refractivity contribution in [3.05, 3.63) is 75.4 Å². The third kappa shape index (κ3) is 5.08. The van der Waals surface area contributed by atoms with Gasteiger partial charge in [-0.25, -0.2) is 4.79 Å². The molecule has 0 saturated carbocycles. The molecule has 0 aliphatic carbocycles. The Morgan fingerprint density at radius 3 is 2.27 bits per heavy atom. The number of nitrogens with zero attached hydrogens (tertiary/aromatic N) is 1. The highest BCUT2D eigenvalue weighted by Crippen LogP contribution is 2.21. The molecule has 1 N–H and O–H groups in total. The predicted octanol–water partition coefficient (Wildman–Crippen LogP) is 4.54. The fourth-order valence-corrected chi connectivity index (χ4v) is 4.22. The van der Waals surface area contributed by atoms with Crippen LogP contribution in [0.3, 0.4) is 0 Å². The second-order valence-electron chi connectivity index (χ2n) is 8.22. The Kier molecular flexibility index (Phi) is 7.21. The first-order chi connectivity index (χ1) is 15.6. The molecule has 0 amide bonds. The lowest BCUT2D eigenvalue weighted by atomic mass is 10.1. The van der Waals surface area contributed by atoms with Gasteiger partial charge in [0.05, 0.1) is 7.11 Å². The quantitative estimate of drug-likeness (QED) is 0.382. The highest BCUT2D eigenvalue weighted by atomic mass is 16.5. The summed E-state index contributed by atoms with van der Waals surface area (Å²) >= 11 is 0. The van der Waals surface area contributed by atoms with Crippen molar-refractivity contribution in [1.82, 2.24) is 9.55 Å². The molecule has 0 radical (unpaired) electrons. The van der Waals surface area contributed by atoms with Gasteiger partial charge < -0.3 is 19.0 Å². The number of H-pyrrole nitrogens is 1. The van der Waals surface area contributed by atoms with Gasteiger partial charge in [-0.15, -0.1) is 0 Å². The molecular formula is C26H30N2O5. The molecule has 33 heavy (non-hydrogen) atoms. The van der Waals surface area contributed by atoms with Crippen LogP contribution in [0.2, 0.25) is 0 Å². The van der Waals surface area contributed by atoms with Gasteiger partial charge >= 0.3 is 5.97 Å². The van der Waals surface area contributed by atoms with Gasteiger partial charge in [-0.2, -0.15) is 0 Å². The highest BCUT2D eigenvalue weighted by Gasteiger charge is 2.23. The predicted molar refractivity (Wildman–Crippen MR) is 125 cm³/mol. The van der Waals surface area contributed by atoms with Crippen LogP contribution >= 0.6 is 0 Å². The largest absolute Gasteiger partial charge is 0.497 e. The summed E-state index contributed by atoms with van der Waals surface area (Å²) in [6.07, 6.45) is 0.812. The fourth-order valence-electron chi connectivity index (χ4n) is 4.22. The maximum Gasteiger partial charge on any atom is 0.355 e. The van der Waals surface area contributed by atoms with Crippen LogP contribution in [0, 0.1) is 27.7 Å². The van der Waals surface area contributed by atoms with Crippen molar-refractivity contribution >= 4 is 17.5 Å². The van der Waals surface area contributed by atoms with E-state index < -0.39 is 5.97 Å². The number of hydrogen-bond donors (Lipinski definition) is 1. The summed E-state index contributed by atoms with van der Waals surface area (Å²) < 4.78 is 12.6. The Morgan fingerprint density at radius 1 is 1.03 bits per heavy atom. The van der Waals surface area contributed by atoms with Gasteiger partial charge in [0.25, 0.3) is 0 Å². The number of benzene rings is 1. The lowest BCUT2D eigenvalue weighted by Gasteiger charge is -2.10. The van der Waals surface area contributed by atoms with E-state index in [4.69, 9.17) is 9.47 Å². The van der Waals surface area contributed by atoms with Crippen molar-refractivity contribution in [2.45, 2.75) is 47.6 Å². The molecular weight excluding hydrogens is 420 g/mol. The second-order valence-corrected chi connectivity index (χ2v) is 8.22. The molecule has 0 aliphatic heterocycles. The monoisotopic (exact) mass is 450 g/mol. The van der Waals surface area contributed by atoms with E-state index in [-0.39, 0.29) is 23.9 Å². The number of methoxy groups -OCH3 is 1. The molecule has 2 heterocycles. The van der Waals surface area contributed by atoms with E-state index in [1.165, 1.54) is 12.5 Å². The van der Waals surface area contributed by atoms with Gasteiger partial charge in [-0.3, -0.25) is 9.59 Å². The summed E-state index contributed by atoms with van der Waals surface area (Å²) in [6, 6.07) is 9.75. The van der Waals surface area contributed by atoms with Crippen LogP contribution in [0.5, 0.6) is 5.75 Å². The number of rotatable bonds is 9. The molecule has 0 aliphatic rings. The number of nitrogens with one attached hydrogen (secondary N) is 1. The molecule has 7 heteroatoms. The minimum atomic E-state index is -0.648. The number of aromatic nitrogens is 2. The second kappa shape index (κ2) is 9.90. The van der Waals surface area contributed by atoms with Crippen LogP contribution in [-0.4, -0.2) is 40.8 Å². The third-order valence-electron chi connectivity index (χ3n) is 5.99. The molecule has 174 valence electrons. The van der Waals surface area contributed by atoms with E-state index in [0.717, 1.165) is 30.1 Å². The normalized spacial score (nSPS) is 10.8. The van der Waals surface area contributed by atoms with Crippen molar-refractivity contribution in [3.63, 3.8) is 0 Å². The number of ether oxygens (including phenoxy) is 2. The molecule has 0 unspecified atom stereocenters. The lowest BCUT2D eigenvalue weighted by molar-refractivity contribution is 0.0468. The summed E-state index contributed by atoms with van der Waals surface area (Å²) in [5.41, 5.74) is 5.35. The molecule has 0 bridgehead atoms. The van der Waals surface area contributed by atoms with E-state index in [1.807, 2.05) is 44.2 Å². The molecule has 0 atom stereocenters. The Labute approximate surface area is 193 Å². The number of carbonyl (C=O) groups excluding carboxylic acids is 3. The van der Waals surface area contributed by atoms with Gasteiger partial charge in [-0.1, -0.05) is 12.1 Å². The van der Waals surface area contributed by atoms with E-state index >= 15 is 0 Å². The molecule has 7 nitrogen and oxygen atoms in total. The number of carbonyl (C=O) groups is 3. The van der Waals surface area contributed by atoms with Gasteiger partial charge in [0.15, 0.2) is 12.4 Å². The van der Waals surface area contributed by atoms with Gasteiger partial charge in [0, 0.05) is 34.8 Å². The maximum absolute atomic E-state index is 12.8. The topological polar surface area (TPSA) is 90.4 Å². The Bertz CT molecular complexity index is 1200. The van der Waals surface area contributed by atoms with E-state index in [0.29, 0.717) is 22.4 Å². The smallest absolute Gasteiger partial charge is 0.355 e. The standard InChI is InChI=1S/C26H30N2O5/c1-15-13-22(18(4)28(15)12-11-20-7-9-21(32-6)10-8-20)23(30)14-33-26(31)25-16(2)24(19(5)29)17(3)27-25/h7-10,13,27H,11-12,14H2,1-6H3. The number of esters is 1. The first kappa shape index (κ1) is 24.0. The number of hydrogen-bond acceptors (Lipinski definition) is 5. The average molecular weight is 451 g/mol. The number of ketones is 2.